The van der Waals surface area contributed by atoms with Crippen molar-refractivity contribution in [1.82, 2.24) is 10.3 Å². The molecule has 0 radical (unpaired) electrons. The Morgan fingerprint density at radius 3 is 3.18 bits per heavy atom. The van der Waals surface area contributed by atoms with Crippen molar-refractivity contribution < 1.29 is 9.53 Å². The highest BCUT2D eigenvalue weighted by atomic mass is 79.9. The van der Waals surface area contributed by atoms with Crippen LogP contribution in [0.4, 0.5) is 5.69 Å². The van der Waals surface area contributed by atoms with E-state index in [1.807, 2.05) is 11.0 Å². The van der Waals surface area contributed by atoms with Crippen LogP contribution in [0, 0.1) is 0 Å². The summed E-state index contributed by atoms with van der Waals surface area (Å²) in [4.78, 5) is 17.9. The summed E-state index contributed by atoms with van der Waals surface area (Å²) in [5.41, 5.74) is 0.927. The minimum Gasteiger partial charge on any atom is -0.377 e. The number of likely N-dealkylation sites (N-methyl/N-ethyl adjacent to an activating group) is 1. The first-order chi connectivity index (χ1) is 8.22. The minimum absolute atomic E-state index is 0.0373. The van der Waals surface area contributed by atoms with Gasteiger partial charge in [0, 0.05) is 24.3 Å². The highest BCUT2D eigenvalue weighted by molar-refractivity contribution is 9.10. The van der Waals surface area contributed by atoms with Gasteiger partial charge in [-0.2, -0.15) is 0 Å². The second-order valence-electron chi connectivity index (χ2n) is 3.76. The second kappa shape index (κ2) is 5.46. The Balaban J connectivity index is 2.24. The van der Waals surface area contributed by atoms with Gasteiger partial charge in [0.05, 0.1) is 25.1 Å². The van der Waals surface area contributed by atoms with E-state index in [0.29, 0.717) is 19.8 Å². The van der Waals surface area contributed by atoms with Crippen molar-refractivity contribution in [2.45, 2.75) is 6.04 Å². The molecule has 0 saturated carbocycles. The van der Waals surface area contributed by atoms with E-state index in [9.17, 15) is 4.79 Å². The van der Waals surface area contributed by atoms with Gasteiger partial charge in [-0.05, 0) is 22.0 Å². The number of morpholine rings is 1. The first kappa shape index (κ1) is 12.3. The summed E-state index contributed by atoms with van der Waals surface area (Å²) >= 11 is 3.38. The molecule has 1 fully saturated rings. The number of anilines is 1. The zero-order valence-electron chi connectivity index (χ0n) is 9.52. The van der Waals surface area contributed by atoms with E-state index in [0.717, 1.165) is 10.2 Å². The monoisotopic (exact) mass is 299 g/mol. The molecule has 0 spiro atoms. The number of ether oxygens (including phenoxy) is 1. The third-order valence-electron chi connectivity index (χ3n) is 2.70. The molecule has 0 bridgehead atoms. The number of rotatable bonds is 2. The van der Waals surface area contributed by atoms with Gasteiger partial charge in [0.25, 0.3) is 0 Å². The molecule has 2 rings (SSSR count). The summed E-state index contributed by atoms with van der Waals surface area (Å²) in [6.45, 7) is 1.72. The van der Waals surface area contributed by atoms with Gasteiger partial charge in [-0.1, -0.05) is 0 Å². The Hall–Kier alpha value is -1.14. The normalized spacial score (nSPS) is 20.1. The summed E-state index contributed by atoms with van der Waals surface area (Å²) in [7, 11) is 1.63. The van der Waals surface area contributed by atoms with Crippen LogP contribution in [0.1, 0.15) is 0 Å². The van der Waals surface area contributed by atoms with Crippen LogP contribution in [-0.2, 0) is 9.53 Å². The van der Waals surface area contributed by atoms with Crippen molar-refractivity contribution in [3.05, 3.63) is 22.9 Å². The summed E-state index contributed by atoms with van der Waals surface area (Å²) in [5.74, 6) is -0.0373. The van der Waals surface area contributed by atoms with E-state index < -0.39 is 0 Å². The van der Waals surface area contributed by atoms with E-state index in [1.165, 1.54) is 0 Å². The molecule has 5 nitrogen and oxygen atoms in total. The number of hydrogen-bond donors (Lipinski definition) is 1. The van der Waals surface area contributed by atoms with Crippen molar-refractivity contribution in [1.29, 1.82) is 0 Å². The van der Waals surface area contributed by atoms with Crippen LogP contribution in [0.25, 0.3) is 0 Å². The van der Waals surface area contributed by atoms with Crippen LogP contribution >= 0.6 is 15.9 Å². The molecule has 0 aromatic carbocycles. The summed E-state index contributed by atoms with van der Waals surface area (Å²) in [5, 5.41) is 2.66. The molecule has 1 aliphatic heterocycles. The average Bonchev–Trinajstić information content (AvgIpc) is 2.38. The lowest BCUT2D eigenvalue weighted by atomic mass is 10.2. The number of nitrogens with one attached hydrogen (secondary N) is 1. The number of nitrogens with zero attached hydrogens (tertiary/aromatic N) is 2. The van der Waals surface area contributed by atoms with Gasteiger partial charge in [-0.15, -0.1) is 0 Å². The lowest BCUT2D eigenvalue weighted by molar-refractivity contribution is -0.124. The maximum absolute atomic E-state index is 11.8. The number of halogens is 1. The first-order valence-corrected chi connectivity index (χ1v) is 6.18. The van der Waals surface area contributed by atoms with Gasteiger partial charge in [-0.25, -0.2) is 0 Å². The molecule has 2 heterocycles. The predicted octanol–water partition coefficient (Wildman–Crippen LogP) is 0.795. The molecule has 1 unspecified atom stereocenters. The quantitative estimate of drug-likeness (QED) is 0.877. The zero-order chi connectivity index (χ0) is 12.3. The Morgan fingerprint density at radius 1 is 1.65 bits per heavy atom. The van der Waals surface area contributed by atoms with Crippen LogP contribution in [0.5, 0.6) is 0 Å². The van der Waals surface area contributed by atoms with Crippen LogP contribution < -0.4 is 10.2 Å². The summed E-state index contributed by atoms with van der Waals surface area (Å²) in [6.07, 6.45) is 3.48. The maximum atomic E-state index is 11.8. The van der Waals surface area contributed by atoms with Crippen molar-refractivity contribution in [3.8, 4) is 0 Å². The van der Waals surface area contributed by atoms with Crippen LogP contribution in [0.3, 0.4) is 0 Å². The zero-order valence-corrected chi connectivity index (χ0v) is 11.1. The molecule has 1 saturated heterocycles. The fraction of sp³-hybridized carbons (Fsp3) is 0.455. The SMILES string of the molecule is CNC(=O)C1COCCN1c1cncc(Br)c1. The number of amides is 1. The highest BCUT2D eigenvalue weighted by Gasteiger charge is 2.29. The van der Waals surface area contributed by atoms with Gasteiger partial charge >= 0.3 is 0 Å². The summed E-state index contributed by atoms with van der Waals surface area (Å²) in [6, 6.07) is 1.67. The molecule has 1 amide bonds. The Bertz CT molecular complexity index is 413. The van der Waals surface area contributed by atoms with Gasteiger partial charge in [0.2, 0.25) is 5.91 Å². The first-order valence-electron chi connectivity index (χ1n) is 5.39. The predicted molar refractivity (Wildman–Crippen MR) is 68.0 cm³/mol. The second-order valence-corrected chi connectivity index (χ2v) is 4.68. The molecule has 92 valence electrons. The molecule has 6 heteroatoms. The number of carbonyl (C=O) groups excluding carboxylic acids is 1. The molecule has 1 N–H and O–H groups in total. The van der Waals surface area contributed by atoms with E-state index in [4.69, 9.17) is 4.74 Å². The van der Waals surface area contributed by atoms with Crippen LogP contribution in [0.15, 0.2) is 22.9 Å². The lowest BCUT2D eigenvalue weighted by Crippen LogP contribution is -2.53. The van der Waals surface area contributed by atoms with Crippen molar-refractivity contribution in [2.75, 3.05) is 31.7 Å². The van der Waals surface area contributed by atoms with Crippen LogP contribution in [0.2, 0.25) is 0 Å². The Morgan fingerprint density at radius 2 is 2.47 bits per heavy atom. The van der Waals surface area contributed by atoms with Gasteiger partial charge < -0.3 is 15.0 Å². The third kappa shape index (κ3) is 2.76. The molecule has 1 aromatic rings. The summed E-state index contributed by atoms with van der Waals surface area (Å²) < 4.78 is 6.25. The van der Waals surface area contributed by atoms with Crippen molar-refractivity contribution in [2.24, 2.45) is 0 Å². The average molecular weight is 300 g/mol. The van der Waals surface area contributed by atoms with E-state index in [1.54, 1.807) is 19.4 Å². The molecule has 0 aliphatic carbocycles. The molecule has 1 atom stereocenters. The molecule has 1 aliphatic rings. The van der Waals surface area contributed by atoms with E-state index >= 15 is 0 Å². The number of pyridine rings is 1. The lowest BCUT2D eigenvalue weighted by Gasteiger charge is -2.35. The van der Waals surface area contributed by atoms with Crippen LogP contribution in [-0.4, -0.2) is 43.7 Å². The number of carbonyl (C=O) groups is 1. The highest BCUT2D eigenvalue weighted by Crippen LogP contribution is 2.22. The number of hydrogen-bond acceptors (Lipinski definition) is 4. The smallest absolute Gasteiger partial charge is 0.244 e. The standard InChI is InChI=1S/C11H14BrN3O2/c1-13-11(16)10-7-17-3-2-15(10)9-4-8(12)5-14-6-9/h4-6,10H,2-3,7H2,1H3,(H,13,16). The molecular weight excluding hydrogens is 286 g/mol. The Kier molecular flexibility index (Phi) is 3.96. The fourth-order valence-corrected chi connectivity index (χ4v) is 2.21. The molecule has 1 aromatic heterocycles. The topological polar surface area (TPSA) is 54.5 Å². The molecule has 17 heavy (non-hydrogen) atoms. The van der Waals surface area contributed by atoms with Gasteiger partial charge in [-0.3, -0.25) is 9.78 Å². The Labute approximate surface area is 108 Å². The largest absolute Gasteiger partial charge is 0.377 e. The van der Waals surface area contributed by atoms with Gasteiger partial charge in [0.1, 0.15) is 6.04 Å². The van der Waals surface area contributed by atoms with Crippen molar-refractivity contribution in [3.63, 3.8) is 0 Å². The minimum atomic E-state index is -0.287. The third-order valence-corrected chi connectivity index (χ3v) is 3.13. The fourth-order valence-electron chi connectivity index (χ4n) is 1.85. The van der Waals surface area contributed by atoms with Gasteiger partial charge in [0.15, 0.2) is 0 Å². The number of aromatic nitrogens is 1. The molecular formula is C11H14BrN3O2. The maximum Gasteiger partial charge on any atom is 0.244 e. The van der Waals surface area contributed by atoms with Crippen molar-refractivity contribution >= 4 is 27.5 Å². The van der Waals surface area contributed by atoms with E-state index in [2.05, 4.69) is 26.2 Å². The van der Waals surface area contributed by atoms with E-state index in [-0.39, 0.29) is 11.9 Å².